The van der Waals surface area contributed by atoms with Crippen molar-refractivity contribution in [2.75, 3.05) is 17.6 Å². The maximum atomic E-state index is 11.7. The second-order valence-electron chi connectivity index (χ2n) is 3.51. The summed E-state index contributed by atoms with van der Waals surface area (Å²) in [6.07, 6.45) is 0.941. The Labute approximate surface area is 110 Å². The van der Waals surface area contributed by atoms with E-state index in [-0.39, 0.29) is 23.3 Å². The van der Waals surface area contributed by atoms with Crippen molar-refractivity contribution < 1.29 is 22.4 Å². The molecule has 1 aromatic rings. The fourth-order valence-electron chi connectivity index (χ4n) is 1.29. The molecule has 0 saturated carbocycles. The van der Waals surface area contributed by atoms with E-state index in [2.05, 4.69) is 4.72 Å². The lowest BCUT2D eigenvalue weighted by molar-refractivity contribution is -0.383. The van der Waals surface area contributed by atoms with Crippen LogP contribution in [0.25, 0.3) is 0 Å². The lowest BCUT2D eigenvalue weighted by atomic mass is 10.3. The van der Waals surface area contributed by atoms with Gasteiger partial charge in [0.25, 0.3) is 0 Å². The van der Waals surface area contributed by atoms with Gasteiger partial charge in [0.2, 0.25) is 10.0 Å². The molecule has 104 valence electrons. The minimum Gasteiger partial charge on any atom is -0.284 e. The molecule has 1 atom stereocenters. The van der Waals surface area contributed by atoms with Crippen molar-refractivity contribution in [1.82, 2.24) is 0 Å². The van der Waals surface area contributed by atoms with E-state index >= 15 is 0 Å². The lowest BCUT2D eigenvalue weighted by Gasteiger charge is -2.02. The van der Waals surface area contributed by atoms with Gasteiger partial charge in [-0.1, -0.05) is 0 Å². The van der Waals surface area contributed by atoms with Crippen LogP contribution in [0.4, 0.5) is 11.4 Å². The Bertz CT molecular complexity index is 615. The Morgan fingerprint density at radius 1 is 1.47 bits per heavy atom. The summed E-state index contributed by atoms with van der Waals surface area (Å²) in [5.74, 6) is 0. The van der Waals surface area contributed by atoms with E-state index in [0.717, 1.165) is 18.4 Å². The Morgan fingerprint density at radius 2 is 2.11 bits per heavy atom. The molecule has 19 heavy (non-hydrogen) atoms. The van der Waals surface area contributed by atoms with Crippen molar-refractivity contribution >= 4 is 34.7 Å². The number of anilines is 1. The fraction of sp³-hybridized carbons (Fsp3) is 0.333. The van der Waals surface area contributed by atoms with Gasteiger partial charge in [0, 0.05) is 12.1 Å². The summed E-state index contributed by atoms with van der Waals surface area (Å²) in [7, 11) is -5.93. The minimum atomic E-state index is -3.52. The predicted molar refractivity (Wildman–Crippen MR) is 70.4 cm³/mol. The SMILES string of the molecule is CCO[P+](=O)c1cc(NS(C)(=O)=O)ccc1[N+](=O)[O-]. The van der Waals surface area contributed by atoms with Gasteiger partial charge in [0.05, 0.1) is 16.9 Å². The summed E-state index contributed by atoms with van der Waals surface area (Å²) in [5, 5.41) is 10.7. The van der Waals surface area contributed by atoms with Crippen LogP contribution in [0.3, 0.4) is 0 Å². The van der Waals surface area contributed by atoms with E-state index in [0.29, 0.717) is 0 Å². The number of sulfonamides is 1. The van der Waals surface area contributed by atoms with E-state index < -0.39 is 23.0 Å². The van der Waals surface area contributed by atoms with E-state index in [4.69, 9.17) is 4.52 Å². The highest BCUT2D eigenvalue weighted by Crippen LogP contribution is 2.29. The molecule has 0 heterocycles. The Balaban J connectivity index is 3.26. The van der Waals surface area contributed by atoms with Crippen molar-refractivity contribution in [3.63, 3.8) is 0 Å². The van der Waals surface area contributed by atoms with Crippen LogP contribution in [0.5, 0.6) is 0 Å². The molecule has 0 amide bonds. The van der Waals surface area contributed by atoms with E-state index in [1.54, 1.807) is 6.92 Å². The molecule has 1 rings (SSSR count). The average Bonchev–Trinajstić information content (AvgIpc) is 2.26. The molecule has 10 heteroatoms. The zero-order valence-corrected chi connectivity index (χ0v) is 11.9. The van der Waals surface area contributed by atoms with Gasteiger partial charge in [-0.2, -0.15) is 0 Å². The van der Waals surface area contributed by atoms with Gasteiger partial charge in [-0.05, 0) is 17.6 Å². The molecule has 1 aromatic carbocycles. The summed E-state index contributed by atoms with van der Waals surface area (Å²) < 4.78 is 40.9. The second kappa shape index (κ2) is 6.05. The Kier molecular flexibility index (Phi) is 4.93. The summed E-state index contributed by atoms with van der Waals surface area (Å²) in [5.41, 5.74) is -0.292. The topological polar surface area (TPSA) is 116 Å². The van der Waals surface area contributed by atoms with Crippen LogP contribution >= 0.6 is 8.03 Å². The number of hydrogen-bond acceptors (Lipinski definition) is 6. The summed E-state index contributed by atoms with van der Waals surface area (Å²) in [6, 6.07) is 3.43. The molecule has 0 spiro atoms. The van der Waals surface area contributed by atoms with Gasteiger partial charge in [0.1, 0.15) is 6.61 Å². The van der Waals surface area contributed by atoms with Crippen LogP contribution in [0, 0.1) is 10.1 Å². The molecular formula is C9H12N2O6PS+. The van der Waals surface area contributed by atoms with Crippen LogP contribution in [0.15, 0.2) is 18.2 Å². The third-order valence-corrected chi connectivity index (χ3v) is 3.77. The highest BCUT2D eigenvalue weighted by atomic mass is 32.2. The normalized spacial score (nSPS) is 12.0. The molecule has 1 unspecified atom stereocenters. The standard InChI is InChI=1S/C9H12N2O6PS/c1-3-17-18(14)9-6-7(10-19(2,15)16)4-5-8(9)11(12)13/h4-6,10H,3H2,1-2H3/q+1. The highest BCUT2D eigenvalue weighted by molar-refractivity contribution is 7.92. The quantitative estimate of drug-likeness (QED) is 0.482. The molecular weight excluding hydrogens is 295 g/mol. The van der Waals surface area contributed by atoms with Crippen molar-refractivity contribution in [2.45, 2.75) is 6.92 Å². The zero-order valence-electron chi connectivity index (χ0n) is 10.2. The molecule has 0 radical (unpaired) electrons. The maximum absolute atomic E-state index is 11.7. The molecule has 8 nitrogen and oxygen atoms in total. The van der Waals surface area contributed by atoms with Crippen molar-refractivity contribution in [2.24, 2.45) is 0 Å². The number of nitro groups is 1. The van der Waals surface area contributed by atoms with Gasteiger partial charge in [-0.25, -0.2) is 8.42 Å². The molecule has 0 fully saturated rings. The van der Waals surface area contributed by atoms with Gasteiger partial charge in [0.15, 0.2) is 0 Å². The fourth-order valence-corrected chi connectivity index (χ4v) is 2.80. The Hall–Kier alpha value is -1.57. The summed E-state index contributed by atoms with van der Waals surface area (Å²) in [6.45, 7) is 1.72. The summed E-state index contributed by atoms with van der Waals surface area (Å²) >= 11 is 0. The smallest absolute Gasteiger partial charge is 0.284 e. The first-order chi connectivity index (χ1) is 8.74. The van der Waals surface area contributed by atoms with Crippen molar-refractivity contribution in [3.8, 4) is 0 Å². The largest absolute Gasteiger partial charge is 0.556 e. The monoisotopic (exact) mass is 307 g/mol. The molecule has 0 aliphatic heterocycles. The van der Waals surface area contributed by atoms with Crippen LogP contribution < -0.4 is 10.0 Å². The second-order valence-corrected chi connectivity index (χ2v) is 6.51. The third-order valence-electron chi connectivity index (χ3n) is 1.92. The lowest BCUT2D eigenvalue weighted by Crippen LogP contribution is -2.13. The molecule has 1 N–H and O–H groups in total. The number of nitrogens with one attached hydrogen (secondary N) is 1. The summed E-state index contributed by atoms with van der Waals surface area (Å²) in [4.78, 5) is 10.1. The van der Waals surface area contributed by atoms with Crippen LogP contribution in [0.1, 0.15) is 6.92 Å². The predicted octanol–water partition coefficient (Wildman–Crippen LogP) is 1.37. The Morgan fingerprint density at radius 3 is 2.58 bits per heavy atom. The van der Waals surface area contributed by atoms with Crippen LogP contribution in [-0.4, -0.2) is 26.2 Å². The number of nitrogens with zero attached hydrogens (tertiary/aromatic N) is 1. The first kappa shape index (κ1) is 15.5. The van der Waals surface area contributed by atoms with Crippen molar-refractivity contribution in [1.29, 1.82) is 0 Å². The van der Waals surface area contributed by atoms with Crippen LogP contribution in [0.2, 0.25) is 0 Å². The number of rotatable bonds is 6. The van der Waals surface area contributed by atoms with Gasteiger partial charge in [-0.15, -0.1) is 4.52 Å². The highest BCUT2D eigenvalue weighted by Gasteiger charge is 2.33. The third kappa shape index (κ3) is 4.55. The number of hydrogen-bond donors (Lipinski definition) is 1. The molecule has 0 bridgehead atoms. The maximum Gasteiger partial charge on any atom is 0.556 e. The molecule has 0 aliphatic rings. The number of nitro benzene ring substituents is 1. The van der Waals surface area contributed by atoms with Gasteiger partial charge >= 0.3 is 19.0 Å². The molecule has 0 aromatic heterocycles. The minimum absolute atomic E-state index is 0.0890. The van der Waals surface area contributed by atoms with Gasteiger partial charge in [-0.3, -0.25) is 14.8 Å². The molecule has 0 saturated heterocycles. The zero-order chi connectivity index (χ0) is 14.6. The van der Waals surface area contributed by atoms with E-state index in [9.17, 15) is 23.1 Å². The van der Waals surface area contributed by atoms with Crippen LogP contribution in [-0.2, 0) is 19.1 Å². The van der Waals surface area contributed by atoms with E-state index in [1.807, 2.05) is 0 Å². The van der Waals surface area contributed by atoms with Crippen molar-refractivity contribution in [3.05, 3.63) is 28.3 Å². The van der Waals surface area contributed by atoms with Gasteiger partial charge < -0.3 is 0 Å². The average molecular weight is 307 g/mol. The van der Waals surface area contributed by atoms with E-state index in [1.165, 1.54) is 6.07 Å². The molecule has 0 aliphatic carbocycles. The first-order valence-corrected chi connectivity index (χ1v) is 8.18. The number of benzene rings is 1. The first-order valence-electron chi connectivity index (χ1n) is 5.11.